The van der Waals surface area contributed by atoms with Crippen molar-refractivity contribution in [3.63, 3.8) is 0 Å². The van der Waals surface area contributed by atoms with Gasteiger partial charge in [-0.25, -0.2) is 9.69 Å². The van der Waals surface area contributed by atoms with E-state index < -0.39 is 12.0 Å². The van der Waals surface area contributed by atoms with Crippen LogP contribution in [0.4, 0.5) is 4.79 Å². The van der Waals surface area contributed by atoms with Crippen LogP contribution in [-0.2, 0) is 16.1 Å². The van der Waals surface area contributed by atoms with Crippen LogP contribution < -0.4 is 0 Å². The predicted molar refractivity (Wildman–Crippen MR) is 117 cm³/mol. The van der Waals surface area contributed by atoms with E-state index >= 15 is 0 Å². The third-order valence-electron chi connectivity index (χ3n) is 4.59. The minimum atomic E-state index is -0.738. The van der Waals surface area contributed by atoms with Crippen LogP contribution in [0.25, 0.3) is 5.57 Å². The number of rotatable bonds is 4. The molecule has 4 nitrogen and oxygen atoms in total. The van der Waals surface area contributed by atoms with Gasteiger partial charge < -0.3 is 4.74 Å². The van der Waals surface area contributed by atoms with Crippen LogP contribution in [0, 0.1) is 0 Å². The molecule has 1 heterocycles. The monoisotopic (exact) mass is 457 g/mol. The Morgan fingerprint density at radius 1 is 0.800 bits per heavy atom. The molecular weight excluding hydrogens is 445 g/mol. The maximum atomic E-state index is 13.2. The molecule has 1 fully saturated rings. The summed E-state index contributed by atoms with van der Waals surface area (Å²) in [6, 6.07) is 21.5. The minimum absolute atomic E-state index is 0.0865. The maximum Gasteiger partial charge on any atom is 0.422 e. The molecule has 0 N–H and O–H groups in total. The van der Waals surface area contributed by atoms with Gasteiger partial charge in [-0.3, -0.25) is 4.79 Å². The molecule has 0 bridgehead atoms. The summed E-state index contributed by atoms with van der Waals surface area (Å²) < 4.78 is 5.44. The lowest BCUT2D eigenvalue weighted by molar-refractivity contribution is -0.123. The highest BCUT2D eigenvalue weighted by atomic mass is 35.5. The number of carbonyl (C=O) groups is 2. The van der Waals surface area contributed by atoms with Crippen molar-refractivity contribution < 1.29 is 14.3 Å². The molecule has 3 aromatic carbocycles. The van der Waals surface area contributed by atoms with Gasteiger partial charge in [-0.05, 0) is 28.8 Å². The smallest absolute Gasteiger partial charge is 0.403 e. The fraction of sp³-hybridized carbons (Fsp3) is 0.0435. The zero-order valence-corrected chi connectivity index (χ0v) is 17.7. The molecule has 0 spiro atoms. The normalized spacial score (nSPS) is 15.4. The predicted octanol–water partition coefficient (Wildman–Crippen LogP) is 6.59. The third kappa shape index (κ3) is 3.94. The van der Waals surface area contributed by atoms with Crippen molar-refractivity contribution >= 4 is 52.4 Å². The van der Waals surface area contributed by atoms with E-state index in [2.05, 4.69) is 0 Å². The van der Waals surface area contributed by atoms with Crippen LogP contribution in [0.2, 0.25) is 15.1 Å². The Morgan fingerprint density at radius 3 is 1.97 bits per heavy atom. The number of ether oxygens (including phenoxy) is 1. The van der Waals surface area contributed by atoms with Gasteiger partial charge >= 0.3 is 6.09 Å². The fourth-order valence-electron chi connectivity index (χ4n) is 3.19. The van der Waals surface area contributed by atoms with E-state index in [1.165, 1.54) is 0 Å². The highest BCUT2D eigenvalue weighted by Gasteiger charge is 2.39. The standard InChI is InChI=1S/C23H14Cl3NO3/c24-17-11-16(12-18(25)20(17)26)19(15-9-5-2-6-10-15)21-22(28)27(23(29)30-21)13-14-7-3-1-4-8-14/h1-12H,13H2. The van der Waals surface area contributed by atoms with Crippen molar-refractivity contribution in [2.24, 2.45) is 0 Å². The zero-order chi connectivity index (χ0) is 21.3. The first-order valence-electron chi connectivity index (χ1n) is 8.98. The van der Waals surface area contributed by atoms with Crippen LogP contribution in [0.15, 0.2) is 78.6 Å². The van der Waals surface area contributed by atoms with E-state index in [1.807, 2.05) is 48.5 Å². The Labute approximate surface area is 188 Å². The van der Waals surface area contributed by atoms with E-state index in [0.29, 0.717) is 16.7 Å². The van der Waals surface area contributed by atoms with Crippen molar-refractivity contribution in [3.8, 4) is 0 Å². The largest absolute Gasteiger partial charge is 0.422 e. The van der Waals surface area contributed by atoms with Gasteiger partial charge in [0.2, 0.25) is 5.76 Å². The van der Waals surface area contributed by atoms with Crippen molar-refractivity contribution in [3.05, 3.63) is 110 Å². The summed E-state index contributed by atoms with van der Waals surface area (Å²) in [5.74, 6) is -0.624. The maximum absolute atomic E-state index is 13.2. The Bertz CT molecular complexity index is 1140. The summed E-state index contributed by atoms with van der Waals surface area (Å²) in [6.45, 7) is 0.103. The van der Waals surface area contributed by atoms with E-state index in [-0.39, 0.29) is 27.4 Å². The van der Waals surface area contributed by atoms with E-state index in [0.717, 1.165) is 10.5 Å². The Hall–Kier alpha value is -2.79. The Balaban J connectivity index is 1.84. The number of halogens is 3. The Morgan fingerprint density at radius 2 is 1.37 bits per heavy atom. The molecular formula is C23H14Cl3NO3. The molecule has 30 heavy (non-hydrogen) atoms. The van der Waals surface area contributed by atoms with Gasteiger partial charge in [0, 0.05) is 5.57 Å². The van der Waals surface area contributed by atoms with E-state index in [9.17, 15) is 9.59 Å². The second-order valence-corrected chi connectivity index (χ2v) is 7.76. The highest BCUT2D eigenvalue weighted by Crippen LogP contribution is 2.38. The van der Waals surface area contributed by atoms with Gasteiger partial charge in [-0.1, -0.05) is 95.5 Å². The summed E-state index contributed by atoms with van der Waals surface area (Å²) in [6.07, 6.45) is -0.738. The first-order valence-corrected chi connectivity index (χ1v) is 10.1. The zero-order valence-electron chi connectivity index (χ0n) is 15.4. The van der Waals surface area contributed by atoms with Crippen LogP contribution in [0.3, 0.4) is 0 Å². The lowest BCUT2D eigenvalue weighted by Gasteiger charge is -2.13. The summed E-state index contributed by atoms with van der Waals surface area (Å²) in [5.41, 5.74) is 2.40. The number of benzene rings is 3. The van der Waals surface area contributed by atoms with Crippen LogP contribution in [0.1, 0.15) is 16.7 Å². The Kier molecular flexibility index (Phi) is 5.82. The number of hydrogen-bond acceptors (Lipinski definition) is 3. The highest BCUT2D eigenvalue weighted by molar-refractivity contribution is 6.48. The van der Waals surface area contributed by atoms with Crippen LogP contribution >= 0.6 is 34.8 Å². The van der Waals surface area contributed by atoms with Gasteiger partial charge in [0.05, 0.1) is 21.6 Å². The topological polar surface area (TPSA) is 46.6 Å². The SMILES string of the molecule is O=C1OC(=C(c2ccccc2)c2cc(Cl)c(Cl)c(Cl)c2)C(=O)N1Cc1ccccc1. The van der Waals surface area contributed by atoms with Crippen molar-refractivity contribution in [1.29, 1.82) is 0 Å². The number of hydrogen-bond donors (Lipinski definition) is 0. The van der Waals surface area contributed by atoms with Gasteiger partial charge in [-0.15, -0.1) is 0 Å². The average Bonchev–Trinajstić information content (AvgIpc) is 3.02. The van der Waals surface area contributed by atoms with Crippen molar-refractivity contribution in [2.75, 3.05) is 0 Å². The summed E-state index contributed by atoms with van der Waals surface area (Å²) in [5, 5.41) is 0.664. The second-order valence-electron chi connectivity index (χ2n) is 6.57. The molecule has 1 aliphatic heterocycles. The lowest BCUT2D eigenvalue weighted by Crippen LogP contribution is -2.28. The van der Waals surface area contributed by atoms with Gasteiger partial charge in [0.15, 0.2) is 0 Å². The average molecular weight is 459 g/mol. The van der Waals surface area contributed by atoms with Gasteiger partial charge in [0.1, 0.15) is 0 Å². The molecule has 0 saturated carbocycles. The van der Waals surface area contributed by atoms with E-state index in [4.69, 9.17) is 39.5 Å². The molecule has 0 unspecified atom stereocenters. The molecule has 0 aliphatic carbocycles. The molecule has 0 atom stereocenters. The number of amides is 2. The van der Waals surface area contributed by atoms with Crippen molar-refractivity contribution in [1.82, 2.24) is 4.90 Å². The van der Waals surface area contributed by atoms with Crippen molar-refractivity contribution in [2.45, 2.75) is 6.54 Å². The molecule has 1 aliphatic rings. The van der Waals surface area contributed by atoms with Gasteiger partial charge in [0.25, 0.3) is 5.91 Å². The third-order valence-corrected chi connectivity index (χ3v) is 5.79. The molecule has 1 saturated heterocycles. The molecule has 4 rings (SSSR count). The quantitative estimate of drug-likeness (QED) is 0.327. The number of carbonyl (C=O) groups excluding carboxylic acids is 2. The number of nitrogens with zero attached hydrogens (tertiary/aromatic N) is 1. The first-order chi connectivity index (χ1) is 14.5. The molecule has 0 aromatic heterocycles. The van der Waals surface area contributed by atoms with Crippen LogP contribution in [0.5, 0.6) is 0 Å². The molecule has 7 heteroatoms. The fourth-order valence-corrected chi connectivity index (χ4v) is 3.78. The van der Waals surface area contributed by atoms with E-state index in [1.54, 1.807) is 24.3 Å². The molecule has 0 radical (unpaired) electrons. The molecule has 150 valence electrons. The summed E-state index contributed by atoms with van der Waals surface area (Å²) in [7, 11) is 0. The second kappa shape index (κ2) is 8.52. The lowest BCUT2D eigenvalue weighted by atomic mass is 9.96. The summed E-state index contributed by atoms with van der Waals surface area (Å²) >= 11 is 18.5. The van der Waals surface area contributed by atoms with Crippen LogP contribution in [-0.4, -0.2) is 16.9 Å². The first kappa shape index (κ1) is 20.5. The molecule has 2 amide bonds. The molecule has 3 aromatic rings. The number of cyclic esters (lactones) is 1. The van der Waals surface area contributed by atoms with Gasteiger partial charge in [-0.2, -0.15) is 0 Å². The summed E-state index contributed by atoms with van der Waals surface area (Å²) in [4.78, 5) is 26.8. The minimum Gasteiger partial charge on any atom is -0.403 e. The number of imide groups is 1.